The first-order chi connectivity index (χ1) is 16.6. The van der Waals surface area contributed by atoms with Crippen LogP contribution in [0.4, 0.5) is 0 Å². The van der Waals surface area contributed by atoms with Gasteiger partial charge >= 0.3 is 0 Å². The Morgan fingerprint density at radius 2 is 1.71 bits per heavy atom. The van der Waals surface area contributed by atoms with Gasteiger partial charge in [0.2, 0.25) is 21.8 Å². The maximum absolute atomic E-state index is 13.5. The van der Waals surface area contributed by atoms with Gasteiger partial charge in [0.15, 0.2) is 0 Å². The molecule has 35 heavy (non-hydrogen) atoms. The van der Waals surface area contributed by atoms with E-state index in [4.69, 9.17) is 11.6 Å². The molecule has 1 aliphatic carbocycles. The molecule has 0 aliphatic heterocycles. The van der Waals surface area contributed by atoms with Crippen molar-refractivity contribution in [2.75, 3.05) is 13.6 Å². The number of nitrogens with zero attached hydrogens (tertiary/aromatic N) is 2. The van der Waals surface area contributed by atoms with Crippen molar-refractivity contribution in [2.45, 2.75) is 69.5 Å². The van der Waals surface area contributed by atoms with Crippen LogP contribution in [0.25, 0.3) is 0 Å². The van der Waals surface area contributed by atoms with Crippen LogP contribution in [0.15, 0.2) is 53.4 Å². The van der Waals surface area contributed by atoms with Crippen molar-refractivity contribution < 1.29 is 18.0 Å². The Kier molecular flexibility index (Phi) is 9.33. The van der Waals surface area contributed by atoms with Gasteiger partial charge in [0.05, 0.1) is 11.4 Å². The van der Waals surface area contributed by atoms with Crippen LogP contribution in [0.5, 0.6) is 0 Å². The zero-order chi connectivity index (χ0) is 25.6. The number of hydrogen-bond donors (Lipinski definition) is 1. The summed E-state index contributed by atoms with van der Waals surface area (Å²) < 4.78 is 27.2. The van der Waals surface area contributed by atoms with Gasteiger partial charge in [0, 0.05) is 24.7 Å². The van der Waals surface area contributed by atoms with Crippen LogP contribution in [0.2, 0.25) is 5.02 Å². The highest BCUT2D eigenvalue weighted by Gasteiger charge is 2.33. The van der Waals surface area contributed by atoms with E-state index in [1.807, 2.05) is 19.9 Å². The molecule has 7 nitrogen and oxygen atoms in total. The first kappa shape index (κ1) is 27.2. The summed E-state index contributed by atoms with van der Waals surface area (Å²) in [7, 11) is -2.50. The lowest BCUT2D eigenvalue weighted by Gasteiger charge is -2.32. The minimum absolute atomic E-state index is 0.105. The molecule has 0 aromatic heterocycles. The van der Waals surface area contributed by atoms with E-state index in [2.05, 4.69) is 5.32 Å². The van der Waals surface area contributed by atoms with Crippen LogP contribution >= 0.6 is 11.6 Å². The summed E-state index contributed by atoms with van der Waals surface area (Å²) in [5.41, 5.74) is 1.63. The smallest absolute Gasteiger partial charge is 0.243 e. The molecule has 2 amide bonds. The Morgan fingerprint density at radius 3 is 2.31 bits per heavy atom. The van der Waals surface area contributed by atoms with E-state index in [-0.39, 0.29) is 23.4 Å². The van der Waals surface area contributed by atoms with Gasteiger partial charge in [-0.05, 0) is 49.9 Å². The van der Waals surface area contributed by atoms with Crippen molar-refractivity contribution in [1.82, 2.24) is 14.5 Å². The van der Waals surface area contributed by atoms with Gasteiger partial charge in [-0.15, -0.1) is 0 Å². The van der Waals surface area contributed by atoms with Gasteiger partial charge < -0.3 is 10.2 Å². The second kappa shape index (κ2) is 12.0. The average Bonchev–Trinajstić information content (AvgIpc) is 3.33. The van der Waals surface area contributed by atoms with Crippen molar-refractivity contribution in [3.8, 4) is 0 Å². The van der Waals surface area contributed by atoms with Gasteiger partial charge in [-0.1, -0.05) is 67.3 Å². The zero-order valence-corrected chi connectivity index (χ0v) is 22.1. The highest BCUT2D eigenvalue weighted by Crippen LogP contribution is 2.22. The van der Waals surface area contributed by atoms with E-state index in [1.54, 1.807) is 30.3 Å². The van der Waals surface area contributed by atoms with Crippen molar-refractivity contribution in [3.05, 3.63) is 64.7 Å². The first-order valence-corrected chi connectivity index (χ1v) is 13.8. The molecule has 2 aromatic rings. The number of aryl methyl sites for hydroxylation is 1. The molecule has 9 heteroatoms. The summed E-state index contributed by atoms with van der Waals surface area (Å²) in [5, 5.41) is 3.57. The fourth-order valence-electron chi connectivity index (χ4n) is 4.35. The van der Waals surface area contributed by atoms with Crippen LogP contribution in [-0.4, -0.2) is 55.1 Å². The summed E-state index contributed by atoms with van der Waals surface area (Å²) >= 11 is 6.36. The molecule has 2 aromatic carbocycles. The summed E-state index contributed by atoms with van der Waals surface area (Å²) in [4.78, 5) is 28.3. The Bertz CT molecular complexity index is 1130. The number of amides is 2. The van der Waals surface area contributed by atoms with Crippen LogP contribution in [0.3, 0.4) is 0 Å². The normalized spacial score (nSPS) is 15.2. The molecule has 0 unspecified atom stereocenters. The number of hydrogen-bond acceptors (Lipinski definition) is 4. The van der Waals surface area contributed by atoms with Gasteiger partial charge in [0.25, 0.3) is 0 Å². The zero-order valence-electron chi connectivity index (χ0n) is 20.5. The predicted molar refractivity (Wildman–Crippen MR) is 137 cm³/mol. The molecule has 1 aliphatic rings. The summed E-state index contributed by atoms with van der Waals surface area (Å²) in [6, 6.07) is 13.0. The van der Waals surface area contributed by atoms with Gasteiger partial charge in [-0.2, -0.15) is 4.31 Å². The van der Waals surface area contributed by atoms with E-state index in [1.165, 1.54) is 24.1 Å². The quantitative estimate of drug-likeness (QED) is 0.511. The van der Waals surface area contributed by atoms with Crippen LogP contribution in [0.1, 0.15) is 50.2 Å². The molecule has 1 N–H and O–H groups in total. The molecule has 1 atom stereocenters. The van der Waals surface area contributed by atoms with Crippen molar-refractivity contribution in [3.63, 3.8) is 0 Å². The van der Waals surface area contributed by atoms with Crippen LogP contribution in [-0.2, 0) is 26.2 Å². The highest BCUT2D eigenvalue weighted by molar-refractivity contribution is 7.89. The number of benzene rings is 2. The van der Waals surface area contributed by atoms with Crippen molar-refractivity contribution >= 4 is 33.4 Å². The molecule has 1 saturated carbocycles. The number of likely N-dealkylation sites (N-methyl/N-ethyl adjacent to an activating group) is 1. The SMILES string of the molecule is CC[C@H](C(=O)NC1CCCC1)N(Cc1ccccc1Cl)C(=O)CN(C)S(=O)(=O)c1ccc(C)cc1. The standard InChI is InChI=1S/C26H34ClN3O4S/c1-4-24(26(32)28-21-10-6-7-11-21)30(17-20-9-5-8-12-23(20)27)25(31)18-29(3)35(33,34)22-15-13-19(2)14-16-22/h5,8-9,12-16,21,24H,4,6-7,10-11,17-18H2,1-3H3,(H,28,32)/t24-/m1/s1. The van der Waals surface area contributed by atoms with Crippen LogP contribution < -0.4 is 5.32 Å². The minimum atomic E-state index is -3.88. The molecule has 0 saturated heterocycles. The molecule has 0 radical (unpaired) electrons. The molecule has 1 fully saturated rings. The first-order valence-electron chi connectivity index (χ1n) is 12.0. The topological polar surface area (TPSA) is 86.8 Å². The number of halogens is 1. The third-order valence-corrected chi connectivity index (χ3v) is 8.66. The number of nitrogens with one attached hydrogen (secondary N) is 1. The Labute approximate surface area is 213 Å². The van der Waals surface area contributed by atoms with Gasteiger partial charge in [-0.3, -0.25) is 9.59 Å². The van der Waals surface area contributed by atoms with E-state index >= 15 is 0 Å². The lowest BCUT2D eigenvalue weighted by molar-refractivity contribution is -0.141. The lowest BCUT2D eigenvalue weighted by Crippen LogP contribution is -2.53. The second-order valence-electron chi connectivity index (χ2n) is 9.10. The van der Waals surface area contributed by atoms with Crippen LogP contribution in [0, 0.1) is 6.92 Å². The number of rotatable bonds is 10. The van der Waals surface area contributed by atoms with E-state index in [0.29, 0.717) is 17.0 Å². The second-order valence-corrected chi connectivity index (χ2v) is 11.6. The van der Waals surface area contributed by atoms with Crippen molar-refractivity contribution in [2.24, 2.45) is 0 Å². The number of carbonyl (C=O) groups excluding carboxylic acids is 2. The van der Waals surface area contributed by atoms with Crippen molar-refractivity contribution in [1.29, 1.82) is 0 Å². The van der Waals surface area contributed by atoms with Gasteiger partial charge in [-0.25, -0.2) is 8.42 Å². The minimum Gasteiger partial charge on any atom is -0.352 e. The maximum atomic E-state index is 13.5. The summed E-state index contributed by atoms with van der Waals surface area (Å²) in [6.45, 7) is 3.43. The average molecular weight is 520 g/mol. The van der Waals surface area contributed by atoms with Gasteiger partial charge in [0.1, 0.15) is 6.04 Å². The predicted octanol–water partition coefficient (Wildman–Crippen LogP) is 4.14. The Balaban J connectivity index is 1.85. The fourth-order valence-corrected chi connectivity index (χ4v) is 5.67. The number of sulfonamides is 1. The molecule has 190 valence electrons. The molecular weight excluding hydrogens is 486 g/mol. The lowest BCUT2D eigenvalue weighted by atomic mass is 10.1. The molecule has 0 bridgehead atoms. The highest BCUT2D eigenvalue weighted by atomic mass is 35.5. The monoisotopic (exact) mass is 519 g/mol. The fraction of sp³-hybridized carbons (Fsp3) is 0.462. The Hall–Kier alpha value is -2.42. The molecular formula is C26H34ClN3O4S. The number of carbonyl (C=O) groups is 2. The Morgan fingerprint density at radius 1 is 1.09 bits per heavy atom. The maximum Gasteiger partial charge on any atom is 0.243 e. The summed E-state index contributed by atoms with van der Waals surface area (Å²) in [5.74, 6) is -0.680. The molecule has 3 rings (SSSR count). The molecule has 0 heterocycles. The van der Waals surface area contributed by atoms with E-state index < -0.39 is 28.5 Å². The third-order valence-electron chi connectivity index (χ3n) is 6.47. The largest absolute Gasteiger partial charge is 0.352 e. The molecule has 0 spiro atoms. The van der Waals surface area contributed by atoms with E-state index in [9.17, 15) is 18.0 Å². The summed E-state index contributed by atoms with van der Waals surface area (Å²) in [6.07, 6.45) is 4.40. The van der Waals surface area contributed by atoms with E-state index in [0.717, 1.165) is 35.6 Å². The third kappa shape index (κ3) is 6.84.